The number of aliphatic imine (C=N–C) groups is 1. The molecule has 0 aromatic carbocycles. The number of amides is 1. The van der Waals surface area contributed by atoms with Crippen LogP contribution in [-0.2, 0) is 4.79 Å². The fourth-order valence-electron chi connectivity index (χ4n) is 1.59. The number of rotatable bonds is 4. The maximum atomic E-state index is 11.8. The third kappa shape index (κ3) is 5.14. The third-order valence-corrected chi connectivity index (χ3v) is 2.45. The second kappa shape index (κ2) is 7.25. The molecule has 0 aromatic heterocycles. The Bertz CT molecular complexity index is 247. The third-order valence-electron chi connectivity index (χ3n) is 2.45. The Morgan fingerprint density at radius 2 is 1.81 bits per heavy atom. The lowest BCUT2D eigenvalue weighted by Gasteiger charge is -2.24. The molecule has 0 heterocycles. The molecule has 4 heteroatoms. The van der Waals surface area contributed by atoms with Gasteiger partial charge < -0.3 is 4.90 Å². The second-order valence-electron chi connectivity index (χ2n) is 4.66. The van der Waals surface area contributed by atoms with E-state index in [2.05, 4.69) is 18.8 Å². The molecule has 0 aliphatic heterocycles. The van der Waals surface area contributed by atoms with Gasteiger partial charge in [0.05, 0.1) is 0 Å². The van der Waals surface area contributed by atoms with Crippen molar-refractivity contribution in [3.8, 4) is 0 Å². The maximum absolute atomic E-state index is 11.8. The zero-order valence-corrected chi connectivity index (χ0v) is 11.4. The molecule has 0 rings (SSSR count). The second-order valence-corrected chi connectivity index (χ2v) is 4.66. The van der Waals surface area contributed by atoms with Crippen molar-refractivity contribution in [3.63, 3.8) is 0 Å². The van der Waals surface area contributed by atoms with Gasteiger partial charge in [-0.05, 0) is 12.3 Å². The van der Waals surface area contributed by atoms with Crippen LogP contribution in [0.3, 0.4) is 0 Å². The molecule has 0 saturated carbocycles. The topological polar surface area (TPSA) is 35.9 Å². The van der Waals surface area contributed by atoms with Gasteiger partial charge in [-0.25, -0.2) is 0 Å². The quantitative estimate of drug-likeness (QED) is 0.542. The standard InChI is InChI=1S/C12H25N3O/c1-10(2)8-7-9-11(16)15(6)12(13-3)14(4)5/h10H,7-9H2,1-6H3. The summed E-state index contributed by atoms with van der Waals surface area (Å²) >= 11 is 0. The fraction of sp³-hybridized carbons (Fsp3) is 0.833. The summed E-state index contributed by atoms with van der Waals surface area (Å²) in [5, 5.41) is 0. The summed E-state index contributed by atoms with van der Waals surface area (Å²) in [5.74, 6) is 1.50. The Hall–Kier alpha value is -1.06. The van der Waals surface area contributed by atoms with Crippen molar-refractivity contribution in [1.29, 1.82) is 0 Å². The molecule has 0 aliphatic carbocycles. The molecule has 0 N–H and O–H groups in total. The predicted octanol–water partition coefficient (Wildman–Crippen LogP) is 1.82. The zero-order valence-electron chi connectivity index (χ0n) is 11.4. The van der Waals surface area contributed by atoms with Crippen molar-refractivity contribution in [3.05, 3.63) is 0 Å². The van der Waals surface area contributed by atoms with E-state index in [1.54, 1.807) is 19.0 Å². The van der Waals surface area contributed by atoms with E-state index in [1.807, 2.05) is 19.0 Å². The molecule has 0 aliphatic rings. The van der Waals surface area contributed by atoms with Gasteiger partial charge in [-0.3, -0.25) is 14.7 Å². The highest BCUT2D eigenvalue weighted by molar-refractivity contribution is 5.96. The van der Waals surface area contributed by atoms with E-state index in [4.69, 9.17) is 0 Å². The molecule has 94 valence electrons. The van der Waals surface area contributed by atoms with E-state index in [-0.39, 0.29) is 5.91 Å². The Morgan fingerprint density at radius 3 is 2.19 bits per heavy atom. The average molecular weight is 227 g/mol. The zero-order chi connectivity index (χ0) is 12.7. The van der Waals surface area contributed by atoms with Crippen molar-refractivity contribution in [2.45, 2.75) is 33.1 Å². The SMILES string of the molecule is CN=C(N(C)C)N(C)C(=O)CCCC(C)C. The van der Waals surface area contributed by atoms with Crippen LogP contribution >= 0.6 is 0 Å². The van der Waals surface area contributed by atoms with E-state index >= 15 is 0 Å². The Morgan fingerprint density at radius 1 is 1.25 bits per heavy atom. The van der Waals surface area contributed by atoms with E-state index in [0.717, 1.165) is 12.8 Å². The number of guanidine groups is 1. The smallest absolute Gasteiger partial charge is 0.229 e. The van der Waals surface area contributed by atoms with Gasteiger partial charge in [-0.15, -0.1) is 0 Å². The normalized spacial score (nSPS) is 11.8. The predicted molar refractivity (Wildman–Crippen MR) is 68.5 cm³/mol. The molecule has 1 amide bonds. The van der Waals surface area contributed by atoms with Crippen LogP contribution in [0, 0.1) is 5.92 Å². The van der Waals surface area contributed by atoms with Crippen LogP contribution in [0.15, 0.2) is 4.99 Å². The van der Waals surface area contributed by atoms with E-state index in [9.17, 15) is 4.79 Å². The minimum absolute atomic E-state index is 0.134. The van der Waals surface area contributed by atoms with Gasteiger partial charge in [0.25, 0.3) is 0 Å². The molecule has 0 unspecified atom stereocenters. The maximum Gasteiger partial charge on any atom is 0.229 e. The van der Waals surface area contributed by atoms with Crippen LogP contribution in [0.25, 0.3) is 0 Å². The fourth-order valence-corrected chi connectivity index (χ4v) is 1.59. The van der Waals surface area contributed by atoms with Crippen LogP contribution in [-0.4, -0.2) is 49.9 Å². The Kier molecular flexibility index (Phi) is 6.77. The molecule has 4 nitrogen and oxygen atoms in total. The number of hydrogen-bond acceptors (Lipinski definition) is 2. The van der Waals surface area contributed by atoms with Gasteiger partial charge >= 0.3 is 0 Å². The van der Waals surface area contributed by atoms with Gasteiger partial charge in [0.2, 0.25) is 11.9 Å². The summed E-state index contributed by atoms with van der Waals surface area (Å²) in [6.45, 7) is 4.35. The molecule has 16 heavy (non-hydrogen) atoms. The molecule has 0 aromatic rings. The lowest BCUT2D eigenvalue weighted by atomic mass is 10.1. The summed E-state index contributed by atoms with van der Waals surface area (Å²) in [5.41, 5.74) is 0. The van der Waals surface area contributed by atoms with Gasteiger partial charge in [0.1, 0.15) is 0 Å². The number of carbonyl (C=O) groups is 1. The van der Waals surface area contributed by atoms with Crippen LogP contribution in [0.2, 0.25) is 0 Å². The minimum atomic E-state index is 0.134. The van der Waals surface area contributed by atoms with Crippen LogP contribution < -0.4 is 0 Å². The monoisotopic (exact) mass is 227 g/mol. The molecule has 0 radical (unpaired) electrons. The first-order chi connectivity index (χ1) is 7.40. The molecule has 0 bridgehead atoms. The van der Waals surface area contributed by atoms with Crippen molar-refractivity contribution >= 4 is 11.9 Å². The highest BCUT2D eigenvalue weighted by Gasteiger charge is 2.15. The summed E-state index contributed by atoms with van der Waals surface area (Å²) in [7, 11) is 7.26. The van der Waals surface area contributed by atoms with Crippen LogP contribution in [0.1, 0.15) is 33.1 Å². The summed E-state index contributed by atoms with van der Waals surface area (Å²) < 4.78 is 0. The van der Waals surface area contributed by atoms with E-state index < -0.39 is 0 Å². The molecule has 0 atom stereocenters. The lowest BCUT2D eigenvalue weighted by Crippen LogP contribution is -2.41. The first-order valence-electron chi connectivity index (χ1n) is 5.80. The number of nitrogens with zero attached hydrogens (tertiary/aromatic N) is 3. The Balaban J connectivity index is 4.17. The molecular weight excluding hydrogens is 202 g/mol. The van der Waals surface area contributed by atoms with Crippen molar-refractivity contribution in [2.24, 2.45) is 10.9 Å². The first-order valence-corrected chi connectivity index (χ1v) is 5.80. The van der Waals surface area contributed by atoms with E-state index in [1.165, 1.54) is 0 Å². The first kappa shape index (κ1) is 14.9. The van der Waals surface area contributed by atoms with Gasteiger partial charge in [-0.2, -0.15) is 0 Å². The van der Waals surface area contributed by atoms with Crippen LogP contribution in [0.4, 0.5) is 0 Å². The molecular formula is C12H25N3O. The number of hydrogen-bond donors (Lipinski definition) is 0. The summed E-state index contributed by atoms with van der Waals surface area (Å²) in [6, 6.07) is 0. The van der Waals surface area contributed by atoms with Gasteiger partial charge in [0.15, 0.2) is 0 Å². The highest BCUT2D eigenvalue weighted by atomic mass is 16.2. The summed E-state index contributed by atoms with van der Waals surface area (Å²) in [4.78, 5) is 19.4. The van der Waals surface area contributed by atoms with Crippen molar-refractivity contribution < 1.29 is 4.79 Å². The molecule has 0 fully saturated rings. The van der Waals surface area contributed by atoms with Crippen molar-refractivity contribution in [2.75, 3.05) is 28.2 Å². The largest absolute Gasteiger partial charge is 0.349 e. The van der Waals surface area contributed by atoms with Gasteiger partial charge in [0, 0.05) is 34.6 Å². The highest BCUT2D eigenvalue weighted by Crippen LogP contribution is 2.08. The van der Waals surface area contributed by atoms with Crippen LogP contribution in [0.5, 0.6) is 0 Å². The molecule has 0 spiro atoms. The number of carbonyl (C=O) groups excluding carboxylic acids is 1. The Labute approximate surface area is 99.3 Å². The molecule has 0 saturated heterocycles. The lowest BCUT2D eigenvalue weighted by molar-refractivity contribution is -0.126. The van der Waals surface area contributed by atoms with Gasteiger partial charge in [-0.1, -0.05) is 20.3 Å². The summed E-state index contributed by atoms with van der Waals surface area (Å²) in [6.07, 6.45) is 2.65. The minimum Gasteiger partial charge on any atom is -0.349 e. The van der Waals surface area contributed by atoms with E-state index in [0.29, 0.717) is 18.3 Å². The average Bonchev–Trinajstić information content (AvgIpc) is 2.17. The van der Waals surface area contributed by atoms with Crippen molar-refractivity contribution in [1.82, 2.24) is 9.80 Å².